The summed E-state index contributed by atoms with van der Waals surface area (Å²) in [6.45, 7) is 0. The first-order valence-corrected chi connectivity index (χ1v) is 6.54. The largest absolute Gasteiger partial charge is 0.478 e. The number of carboxylic acids is 1. The maximum absolute atomic E-state index is 10.9. The average molecular weight is 269 g/mol. The minimum atomic E-state index is -1.02. The first-order chi connectivity index (χ1) is 8.58. The molecule has 1 aromatic rings. The molecule has 0 amide bonds. The van der Waals surface area contributed by atoms with Crippen LogP contribution in [0.4, 0.5) is 11.4 Å². The maximum atomic E-state index is 10.9. The first-order valence-electron chi connectivity index (χ1n) is 6.17. The van der Waals surface area contributed by atoms with Gasteiger partial charge in [-0.25, -0.2) is 4.79 Å². The molecule has 5 heteroatoms. The molecule has 18 heavy (non-hydrogen) atoms. The van der Waals surface area contributed by atoms with Crippen LogP contribution in [0.1, 0.15) is 42.5 Å². The lowest BCUT2D eigenvalue weighted by molar-refractivity contribution is 0.0697. The van der Waals surface area contributed by atoms with E-state index >= 15 is 0 Å². The SMILES string of the molecule is Nc1cc(C(=O)O)cc(Cl)c1NC1CCCCC1. The van der Waals surface area contributed by atoms with E-state index in [0.717, 1.165) is 12.8 Å². The highest BCUT2D eigenvalue weighted by Gasteiger charge is 2.17. The molecule has 0 atom stereocenters. The van der Waals surface area contributed by atoms with Crippen LogP contribution in [0.25, 0.3) is 0 Å². The molecule has 4 N–H and O–H groups in total. The highest BCUT2D eigenvalue weighted by Crippen LogP contribution is 2.32. The van der Waals surface area contributed by atoms with Crippen molar-refractivity contribution in [2.45, 2.75) is 38.1 Å². The lowest BCUT2D eigenvalue weighted by Crippen LogP contribution is -2.23. The predicted molar refractivity (Wildman–Crippen MR) is 73.3 cm³/mol. The Morgan fingerprint density at radius 1 is 1.33 bits per heavy atom. The van der Waals surface area contributed by atoms with Crippen LogP contribution in [-0.2, 0) is 0 Å². The van der Waals surface area contributed by atoms with Crippen LogP contribution in [0.3, 0.4) is 0 Å². The molecule has 0 heterocycles. The standard InChI is InChI=1S/C13H17ClN2O2/c14-10-6-8(13(17)18)7-11(15)12(10)16-9-4-2-1-3-5-9/h6-7,9,16H,1-5,15H2,(H,17,18). The predicted octanol–water partition coefficient (Wildman–Crippen LogP) is 3.37. The summed E-state index contributed by atoms with van der Waals surface area (Å²) in [4.78, 5) is 10.9. The van der Waals surface area contributed by atoms with Gasteiger partial charge in [0.15, 0.2) is 0 Å². The average Bonchev–Trinajstić information content (AvgIpc) is 2.34. The Morgan fingerprint density at radius 2 is 2.00 bits per heavy atom. The third-order valence-corrected chi connectivity index (χ3v) is 3.62. The Hall–Kier alpha value is -1.42. The number of carboxylic acid groups (broad SMARTS) is 1. The molecule has 0 saturated heterocycles. The second kappa shape index (κ2) is 5.48. The third-order valence-electron chi connectivity index (χ3n) is 3.32. The van der Waals surface area contributed by atoms with Crippen LogP contribution >= 0.6 is 11.6 Å². The van der Waals surface area contributed by atoms with Crippen molar-refractivity contribution in [3.05, 3.63) is 22.7 Å². The Bertz CT molecular complexity index is 433. The number of anilines is 2. The summed E-state index contributed by atoms with van der Waals surface area (Å²) >= 11 is 6.09. The zero-order chi connectivity index (χ0) is 13.1. The second-order valence-corrected chi connectivity index (χ2v) is 5.11. The molecule has 1 aliphatic carbocycles. The summed E-state index contributed by atoms with van der Waals surface area (Å²) in [5, 5.41) is 12.6. The molecule has 2 rings (SSSR count). The molecule has 0 spiro atoms. The first kappa shape index (κ1) is 13.0. The molecule has 0 bridgehead atoms. The van der Waals surface area contributed by atoms with Crippen LogP contribution in [0.5, 0.6) is 0 Å². The Balaban J connectivity index is 2.19. The van der Waals surface area contributed by atoms with E-state index < -0.39 is 5.97 Å². The number of halogens is 1. The quantitative estimate of drug-likeness (QED) is 0.735. The fraction of sp³-hybridized carbons (Fsp3) is 0.462. The van der Waals surface area contributed by atoms with Gasteiger partial charge in [0.2, 0.25) is 0 Å². The van der Waals surface area contributed by atoms with Gasteiger partial charge in [-0.3, -0.25) is 0 Å². The number of hydrogen-bond acceptors (Lipinski definition) is 3. The summed E-state index contributed by atoms with van der Waals surface area (Å²) < 4.78 is 0. The van der Waals surface area contributed by atoms with Crippen molar-refractivity contribution in [2.24, 2.45) is 0 Å². The summed E-state index contributed by atoms with van der Waals surface area (Å²) in [7, 11) is 0. The van der Waals surface area contributed by atoms with E-state index in [0.29, 0.717) is 22.4 Å². The topological polar surface area (TPSA) is 75.4 Å². The van der Waals surface area contributed by atoms with Crippen molar-refractivity contribution in [3.8, 4) is 0 Å². The minimum Gasteiger partial charge on any atom is -0.478 e. The minimum absolute atomic E-state index is 0.117. The zero-order valence-corrected chi connectivity index (χ0v) is 10.8. The van der Waals surface area contributed by atoms with Gasteiger partial charge in [-0.05, 0) is 25.0 Å². The van der Waals surface area contributed by atoms with Crippen molar-refractivity contribution in [1.29, 1.82) is 0 Å². The van der Waals surface area contributed by atoms with E-state index in [2.05, 4.69) is 5.32 Å². The van der Waals surface area contributed by atoms with E-state index in [1.54, 1.807) is 0 Å². The van der Waals surface area contributed by atoms with Gasteiger partial charge < -0.3 is 16.2 Å². The number of rotatable bonds is 3. The van der Waals surface area contributed by atoms with Gasteiger partial charge in [0, 0.05) is 6.04 Å². The molecule has 1 aliphatic rings. The van der Waals surface area contributed by atoms with Gasteiger partial charge in [-0.15, -0.1) is 0 Å². The van der Waals surface area contributed by atoms with E-state index in [1.807, 2.05) is 0 Å². The maximum Gasteiger partial charge on any atom is 0.335 e. The summed E-state index contributed by atoms with van der Waals surface area (Å²) in [5.74, 6) is -1.02. The molecule has 1 aromatic carbocycles. The number of nitrogens with two attached hydrogens (primary N) is 1. The van der Waals surface area contributed by atoms with Gasteiger partial charge in [-0.2, -0.15) is 0 Å². The number of benzene rings is 1. The highest BCUT2D eigenvalue weighted by molar-refractivity contribution is 6.34. The number of aromatic carboxylic acids is 1. The molecular formula is C13H17ClN2O2. The van der Waals surface area contributed by atoms with Gasteiger partial charge in [0.1, 0.15) is 0 Å². The fourth-order valence-corrected chi connectivity index (χ4v) is 2.64. The van der Waals surface area contributed by atoms with Gasteiger partial charge >= 0.3 is 5.97 Å². The van der Waals surface area contributed by atoms with Crippen LogP contribution < -0.4 is 11.1 Å². The molecular weight excluding hydrogens is 252 g/mol. The molecule has 1 saturated carbocycles. The molecule has 0 radical (unpaired) electrons. The summed E-state index contributed by atoms with van der Waals surface area (Å²) in [6, 6.07) is 3.26. The fourth-order valence-electron chi connectivity index (χ4n) is 2.35. The zero-order valence-electron chi connectivity index (χ0n) is 10.1. The molecule has 98 valence electrons. The van der Waals surface area contributed by atoms with Crippen LogP contribution in [0, 0.1) is 0 Å². The lowest BCUT2D eigenvalue weighted by atomic mass is 9.95. The van der Waals surface area contributed by atoms with Crippen molar-refractivity contribution in [2.75, 3.05) is 11.1 Å². The summed E-state index contributed by atoms with van der Waals surface area (Å²) in [5.41, 5.74) is 7.04. The van der Waals surface area contributed by atoms with E-state index in [9.17, 15) is 4.79 Å². The van der Waals surface area contributed by atoms with Crippen molar-refractivity contribution >= 4 is 28.9 Å². The normalized spacial score (nSPS) is 16.5. The monoisotopic (exact) mass is 268 g/mol. The molecule has 0 aromatic heterocycles. The van der Waals surface area contributed by atoms with Crippen molar-refractivity contribution in [3.63, 3.8) is 0 Å². The van der Waals surface area contributed by atoms with E-state index in [1.165, 1.54) is 31.4 Å². The number of nitrogens with one attached hydrogen (secondary N) is 1. The molecule has 4 nitrogen and oxygen atoms in total. The van der Waals surface area contributed by atoms with Crippen LogP contribution in [0.15, 0.2) is 12.1 Å². The Kier molecular flexibility index (Phi) is 3.97. The number of carbonyl (C=O) groups is 1. The molecule has 0 aliphatic heterocycles. The molecule has 0 unspecified atom stereocenters. The molecule has 1 fully saturated rings. The Labute approximate surface area is 111 Å². The van der Waals surface area contributed by atoms with Crippen molar-refractivity contribution < 1.29 is 9.90 Å². The lowest BCUT2D eigenvalue weighted by Gasteiger charge is -2.25. The summed E-state index contributed by atoms with van der Waals surface area (Å²) in [6.07, 6.45) is 5.91. The van der Waals surface area contributed by atoms with Crippen LogP contribution in [-0.4, -0.2) is 17.1 Å². The third kappa shape index (κ3) is 2.88. The second-order valence-electron chi connectivity index (χ2n) is 4.71. The Morgan fingerprint density at radius 3 is 2.56 bits per heavy atom. The highest BCUT2D eigenvalue weighted by atomic mass is 35.5. The van der Waals surface area contributed by atoms with Crippen LogP contribution in [0.2, 0.25) is 5.02 Å². The van der Waals surface area contributed by atoms with Gasteiger partial charge in [0.25, 0.3) is 0 Å². The smallest absolute Gasteiger partial charge is 0.335 e. The van der Waals surface area contributed by atoms with E-state index in [4.69, 9.17) is 22.4 Å². The van der Waals surface area contributed by atoms with E-state index in [-0.39, 0.29) is 5.56 Å². The van der Waals surface area contributed by atoms with Gasteiger partial charge in [-0.1, -0.05) is 30.9 Å². The number of nitrogen functional groups attached to an aromatic ring is 1. The van der Waals surface area contributed by atoms with Crippen molar-refractivity contribution in [1.82, 2.24) is 0 Å². The van der Waals surface area contributed by atoms with Gasteiger partial charge in [0.05, 0.1) is 22.0 Å². The number of hydrogen-bond donors (Lipinski definition) is 3.